The number of aliphatic imine (C=N–C) groups is 1. The average Bonchev–Trinajstić information content (AvgIpc) is 2.53. The van der Waals surface area contributed by atoms with Gasteiger partial charge in [-0.05, 0) is 43.7 Å². The van der Waals surface area contributed by atoms with E-state index in [-0.39, 0.29) is 24.0 Å². The largest absolute Gasteiger partial charge is 0.356 e. The number of aryl methyl sites for hydroxylation is 1. The molecule has 0 spiro atoms. The Bertz CT molecular complexity index is 669. The summed E-state index contributed by atoms with van der Waals surface area (Å²) in [5.74, 6) is 1.19. The maximum atomic E-state index is 11.7. The van der Waals surface area contributed by atoms with Gasteiger partial charge in [0.15, 0.2) is 15.8 Å². The lowest BCUT2D eigenvalue weighted by Gasteiger charge is -2.24. The summed E-state index contributed by atoms with van der Waals surface area (Å²) < 4.78 is 22.6. The predicted molar refractivity (Wildman–Crippen MR) is 123 cm³/mol. The number of sulfone groups is 1. The highest BCUT2D eigenvalue weighted by Gasteiger charge is 2.30. The lowest BCUT2D eigenvalue weighted by molar-refractivity contribution is 0.544. The van der Waals surface area contributed by atoms with Gasteiger partial charge in [-0.25, -0.2) is 8.42 Å². The van der Waals surface area contributed by atoms with Crippen molar-refractivity contribution in [3.63, 3.8) is 0 Å². The Labute approximate surface area is 176 Å². The molecule has 2 N–H and O–H groups in total. The molecule has 1 aromatic carbocycles. The number of guanidine groups is 1. The molecule has 0 atom stereocenters. The number of nitrogens with one attached hydrogen (secondary N) is 2. The fourth-order valence-electron chi connectivity index (χ4n) is 2.22. The van der Waals surface area contributed by atoms with Crippen LogP contribution in [0.1, 0.15) is 51.2 Å². The van der Waals surface area contributed by atoms with Crippen LogP contribution < -0.4 is 10.6 Å². The minimum atomic E-state index is -3.12. The summed E-state index contributed by atoms with van der Waals surface area (Å²) in [6, 6.07) is 8.77. The van der Waals surface area contributed by atoms with E-state index in [0.717, 1.165) is 19.4 Å². The summed E-state index contributed by atoms with van der Waals surface area (Å²) >= 11 is 0. The molecule has 1 aromatic rings. The Morgan fingerprint density at radius 1 is 1.15 bits per heavy atom. The third-order valence-corrected chi connectivity index (χ3v) is 6.64. The molecule has 0 aliphatic heterocycles. The fraction of sp³-hybridized carbons (Fsp3) is 0.632. The quantitative estimate of drug-likeness (QED) is 0.251. The van der Waals surface area contributed by atoms with Crippen molar-refractivity contribution < 1.29 is 8.42 Å². The summed E-state index contributed by atoms with van der Waals surface area (Å²) in [5.41, 5.74) is 2.69. The summed E-state index contributed by atoms with van der Waals surface area (Å²) in [6.45, 7) is 8.92. The summed E-state index contributed by atoms with van der Waals surface area (Å²) in [6.07, 6.45) is 3.24. The van der Waals surface area contributed by atoms with Gasteiger partial charge in [-0.2, -0.15) is 0 Å². The monoisotopic (exact) mass is 495 g/mol. The Balaban J connectivity index is 0.00000625. The van der Waals surface area contributed by atoms with Gasteiger partial charge < -0.3 is 10.6 Å². The van der Waals surface area contributed by atoms with Gasteiger partial charge in [0, 0.05) is 26.4 Å². The van der Waals surface area contributed by atoms with Gasteiger partial charge >= 0.3 is 0 Å². The van der Waals surface area contributed by atoms with Gasteiger partial charge in [0.1, 0.15) is 0 Å². The second-order valence-electron chi connectivity index (χ2n) is 7.38. The van der Waals surface area contributed by atoms with Gasteiger partial charge in [-0.3, -0.25) is 4.99 Å². The maximum Gasteiger partial charge on any atom is 0.191 e. The van der Waals surface area contributed by atoms with Crippen molar-refractivity contribution in [1.82, 2.24) is 10.6 Å². The van der Waals surface area contributed by atoms with Crippen molar-refractivity contribution >= 4 is 39.8 Å². The highest BCUT2D eigenvalue weighted by Crippen LogP contribution is 2.15. The predicted octanol–water partition coefficient (Wildman–Crippen LogP) is 3.35. The first-order valence-corrected chi connectivity index (χ1v) is 10.7. The van der Waals surface area contributed by atoms with E-state index in [9.17, 15) is 8.42 Å². The summed E-state index contributed by atoms with van der Waals surface area (Å²) in [7, 11) is -1.43. The molecular weight excluding hydrogens is 461 g/mol. The van der Waals surface area contributed by atoms with Crippen LogP contribution in [0.15, 0.2) is 29.3 Å². The highest BCUT2D eigenvalue weighted by molar-refractivity contribution is 14.0. The Morgan fingerprint density at radius 3 is 2.19 bits per heavy atom. The molecule has 0 radical (unpaired) electrons. The normalized spacial score (nSPS) is 12.7. The molecule has 0 saturated carbocycles. The Hall–Kier alpha value is -0.830. The second kappa shape index (κ2) is 11.1. The lowest BCUT2D eigenvalue weighted by atomic mass is 10.0. The van der Waals surface area contributed by atoms with Crippen molar-refractivity contribution in [1.29, 1.82) is 0 Å². The molecule has 0 saturated heterocycles. The molecule has 0 aliphatic carbocycles. The molecule has 0 heterocycles. The van der Waals surface area contributed by atoms with Gasteiger partial charge in [0.05, 0.1) is 4.75 Å². The van der Waals surface area contributed by atoms with Crippen LogP contribution in [0.5, 0.6) is 0 Å². The summed E-state index contributed by atoms with van der Waals surface area (Å²) in [5, 5.41) is 6.33. The first-order chi connectivity index (χ1) is 11.6. The number of rotatable bonds is 8. The van der Waals surface area contributed by atoms with Crippen LogP contribution in [0.2, 0.25) is 0 Å². The number of hydrogen-bond acceptors (Lipinski definition) is 3. The van der Waals surface area contributed by atoms with Gasteiger partial charge in [0.25, 0.3) is 0 Å². The third kappa shape index (κ3) is 8.24. The molecule has 0 bridgehead atoms. The van der Waals surface area contributed by atoms with Crippen LogP contribution in [0, 0.1) is 0 Å². The van der Waals surface area contributed by atoms with Crippen molar-refractivity contribution in [2.75, 3.05) is 26.4 Å². The van der Waals surface area contributed by atoms with Gasteiger partial charge in [0.2, 0.25) is 0 Å². The smallest absolute Gasteiger partial charge is 0.191 e. The number of halogens is 1. The molecule has 0 aliphatic rings. The van der Waals surface area contributed by atoms with E-state index in [1.54, 1.807) is 20.9 Å². The minimum absolute atomic E-state index is 0. The van der Waals surface area contributed by atoms with Crippen LogP contribution >= 0.6 is 24.0 Å². The van der Waals surface area contributed by atoms with Crippen LogP contribution in [-0.4, -0.2) is 45.5 Å². The SMILES string of the molecule is CN=C(NCCCc1ccc(C(C)C)cc1)NCC(C)(C)S(C)(=O)=O.I. The lowest BCUT2D eigenvalue weighted by Crippen LogP contribution is -2.47. The maximum absolute atomic E-state index is 11.7. The van der Waals surface area contributed by atoms with Gasteiger partial charge in [-0.15, -0.1) is 24.0 Å². The molecule has 0 fully saturated rings. The molecule has 0 unspecified atom stereocenters. The molecule has 5 nitrogen and oxygen atoms in total. The Kier molecular flexibility index (Phi) is 10.8. The van der Waals surface area contributed by atoms with Crippen LogP contribution in [0.25, 0.3) is 0 Å². The topological polar surface area (TPSA) is 70.6 Å². The number of benzene rings is 1. The zero-order valence-corrected chi connectivity index (χ0v) is 19.9. The van der Waals surface area contributed by atoms with E-state index in [2.05, 4.69) is 53.7 Å². The summed E-state index contributed by atoms with van der Waals surface area (Å²) in [4.78, 5) is 4.15. The zero-order chi connectivity index (χ0) is 19.1. The van der Waals surface area contributed by atoms with Crippen LogP contribution in [0.4, 0.5) is 0 Å². The molecule has 7 heteroatoms. The standard InChI is InChI=1S/C19H33N3O2S.HI/c1-15(2)17-11-9-16(10-12-17)8-7-13-21-18(20-5)22-14-19(3,4)25(6,23)24;/h9-12,15H,7-8,13-14H2,1-6H3,(H2,20,21,22);1H. The molecule has 150 valence electrons. The van der Waals surface area contributed by atoms with E-state index in [1.165, 1.54) is 17.4 Å². The third-order valence-electron chi connectivity index (χ3n) is 4.49. The average molecular weight is 495 g/mol. The fourth-order valence-corrected chi connectivity index (χ4v) is 2.55. The van der Waals surface area contributed by atoms with Crippen molar-refractivity contribution in [3.8, 4) is 0 Å². The van der Waals surface area contributed by atoms with Gasteiger partial charge in [-0.1, -0.05) is 38.1 Å². The minimum Gasteiger partial charge on any atom is -0.356 e. The van der Waals surface area contributed by atoms with E-state index >= 15 is 0 Å². The molecule has 0 amide bonds. The van der Waals surface area contributed by atoms with E-state index < -0.39 is 14.6 Å². The van der Waals surface area contributed by atoms with E-state index in [4.69, 9.17) is 0 Å². The number of nitrogens with zero attached hydrogens (tertiary/aromatic N) is 1. The first-order valence-electron chi connectivity index (χ1n) is 8.80. The number of hydrogen-bond donors (Lipinski definition) is 2. The highest BCUT2D eigenvalue weighted by atomic mass is 127. The van der Waals surface area contributed by atoms with Crippen LogP contribution in [-0.2, 0) is 16.3 Å². The van der Waals surface area contributed by atoms with E-state index in [1.807, 2.05) is 0 Å². The van der Waals surface area contributed by atoms with Crippen molar-refractivity contribution in [2.24, 2.45) is 4.99 Å². The molecule has 26 heavy (non-hydrogen) atoms. The Morgan fingerprint density at radius 2 is 1.73 bits per heavy atom. The first kappa shape index (κ1) is 25.2. The molecular formula is C19H34IN3O2S. The van der Waals surface area contributed by atoms with Crippen molar-refractivity contribution in [3.05, 3.63) is 35.4 Å². The van der Waals surface area contributed by atoms with Crippen molar-refractivity contribution in [2.45, 2.75) is 51.2 Å². The second-order valence-corrected chi connectivity index (χ2v) is 10.0. The van der Waals surface area contributed by atoms with Crippen LogP contribution in [0.3, 0.4) is 0 Å². The van der Waals surface area contributed by atoms with E-state index in [0.29, 0.717) is 18.4 Å². The zero-order valence-electron chi connectivity index (χ0n) is 16.8. The molecule has 1 rings (SSSR count). The molecule has 0 aromatic heterocycles.